The molecule has 43 heavy (non-hydrogen) atoms. The van der Waals surface area contributed by atoms with Crippen molar-refractivity contribution in [2.45, 2.75) is 76.9 Å². The number of hydrogen-bond acceptors (Lipinski definition) is 6. The van der Waals surface area contributed by atoms with Gasteiger partial charge in [-0.05, 0) is 66.5 Å². The number of hydrogen-bond donors (Lipinski definition) is 4. The molecule has 2 saturated carbocycles. The fourth-order valence-corrected chi connectivity index (χ4v) is 6.32. The highest BCUT2D eigenvalue weighted by Crippen LogP contribution is 2.68. The number of methoxy groups -OCH3 is 1. The van der Waals surface area contributed by atoms with Crippen molar-refractivity contribution in [1.29, 1.82) is 0 Å². The normalized spacial score (nSPS) is 20.9. The lowest BCUT2D eigenvalue weighted by Gasteiger charge is -2.47. The van der Waals surface area contributed by atoms with Gasteiger partial charge in [0.05, 0.1) is 25.1 Å². The molecule has 0 aromatic heterocycles. The second kappa shape index (κ2) is 11.5. The molecule has 0 saturated heterocycles. The Bertz CT molecular complexity index is 1420. The molecular formula is C33H40N4O6. The lowest BCUT2D eigenvalue weighted by molar-refractivity contribution is -0.147. The zero-order chi connectivity index (χ0) is 31.1. The Kier molecular flexibility index (Phi) is 8.07. The van der Waals surface area contributed by atoms with Gasteiger partial charge in [-0.2, -0.15) is 0 Å². The fourth-order valence-electron chi connectivity index (χ4n) is 6.32. The third-order valence-electron chi connectivity index (χ3n) is 8.90. The number of ether oxygens (including phenoxy) is 1. The molecule has 10 heteroatoms. The maximum absolute atomic E-state index is 14.2. The zero-order valence-electron chi connectivity index (χ0n) is 25.3. The van der Waals surface area contributed by atoms with E-state index in [1.165, 1.54) is 0 Å². The first-order valence-corrected chi connectivity index (χ1v) is 14.9. The van der Waals surface area contributed by atoms with Crippen LogP contribution in [0.1, 0.15) is 64.5 Å². The Morgan fingerprint density at radius 2 is 1.58 bits per heavy atom. The molecule has 228 valence electrons. The molecule has 0 bridgehead atoms. The second-order valence-electron chi connectivity index (χ2n) is 12.9. The molecule has 3 aliphatic carbocycles. The Balaban J connectivity index is 1.34. The van der Waals surface area contributed by atoms with Gasteiger partial charge in [-0.15, -0.1) is 0 Å². The number of anilines is 1. The molecule has 0 radical (unpaired) electrons. The van der Waals surface area contributed by atoms with Crippen LogP contribution in [0.2, 0.25) is 0 Å². The third-order valence-corrected chi connectivity index (χ3v) is 8.90. The molecule has 5 rings (SSSR count). The quantitative estimate of drug-likeness (QED) is 0.296. The Hall–Kier alpha value is -4.21. The van der Waals surface area contributed by atoms with Crippen LogP contribution in [0.5, 0.6) is 5.75 Å². The van der Waals surface area contributed by atoms with Gasteiger partial charge in [0.15, 0.2) is 5.78 Å². The standard InChI is InChI=1S/C33H40N4O6/c1-6-24(27(39)30(41)34-18-11-12-18)36-29(40)25-21(17-33(25)22-9-7-8-10-23(22)33)26(38)28(32(2,3)4)37-31(42)35-19-13-15-20(43-5)16-14-19/h7-10,13-16,18,21,24-25,28H,6,11-12,17H2,1-5H3,(H,34,41)(H,36,40)(H2,35,37,42)/t21?,24?,25?,28-/m1/s1. The zero-order valence-corrected chi connectivity index (χ0v) is 25.3. The van der Waals surface area contributed by atoms with Gasteiger partial charge in [0.2, 0.25) is 11.7 Å². The number of ketones is 2. The van der Waals surface area contributed by atoms with E-state index in [0.717, 1.165) is 24.0 Å². The van der Waals surface area contributed by atoms with Crippen molar-refractivity contribution in [3.05, 3.63) is 59.7 Å². The summed E-state index contributed by atoms with van der Waals surface area (Å²) < 4.78 is 5.16. The van der Waals surface area contributed by atoms with Crippen molar-refractivity contribution in [1.82, 2.24) is 16.0 Å². The van der Waals surface area contributed by atoms with Gasteiger partial charge in [-0.3, -0.25) is 19.2 Å². The van der Waals surface area contributed by atoms with Crippen molar-refractivity contribution < 1.29 is 28.7 Å². The molecular weight excluding hydrogens is 548 g/mol. The molecule has 10 nitrogen and oxygen atoms in total. The van der Waals surface area contributed by atoms with Gasteiger partial charge in [0, 0.05) is 23.1 Å². The van der Waals surface area contributed by atoms with Crippen molar-refractivity contribution in [2.24, 2.45) is 17.3 Å². The molecule has 4 amide bonds. The minimum Gasteiger partial charge on any atom is -0.497 e. The van der Waals surface area contributed by atoms with Gasteiger partial charge >= 0.3 is 6.03 Å². The topological polar surface area (TPSA) is 143 Å². The van der Waals surface area contributed by atoms with E-state index in [1.807, 2.05) is 45.0 Å². The van der Waals surface area contributed by atoms with Crippen LogP contribution in [-0.4, -0.2) is 54.6 Å². The van der Waals surface area contributed by atoms with Crippen LogP contribution in [0.25, 0.3) is 0 Å². The van der Waals surface area contributed by atoms with Crippen molar-refractivity contribution in [3.8, 4) is 5.75 Å². The molecule has 3 unspecified atom stereocenters. The van der Waals surface area contributed by atoms with E-state index in [9.17, 15) is 24.0 Å². The summed E-state index contributed by atoms with van der Waals surface area (Å²) in [6.07, 6.45) is 2.36. The SMILES string of the molecule is CCC(NC(=O)C1C(C(=O)[C@@H](NC(=O)Nc2ccc(OC)cc2)C(C)(C)C)CC12c1ccccc12)C(=O)C(=O)NC1CC1. The number of carbonyl (C=O) groups excluding carboxylic acids is 5. The minimum absolute atomic E-state index is 0.0197. The first kappa shape index (κ1) is 30.3. The maximum Gasteiger partial charge on any atom is 0.319 e. The van der Waals surface area contributed by atoms with Gasteiger partial charge in [-0.1, -0.05) is 52.0 Å². The maximum atomic E-state index is 14.2. The number of amides is 4. The Morgan fingerprint density at radius 3 is 2.12 bits per heavy atom. The summed E-state index contributed by atoms with van der Waals surface area (Å²) in [6, 6.07) is 12.2. The summed E-state index contributed by atoms with van der Waals surface area (Å²) in [7, 11) is 1.55. The first-order chi connectivity index (χ1) is 20.4. The van der Waals surface area contributed by atoms with Crippen LogP contribution in [0.4, 0.5) is 10.5 Å². The molecule has 2 fully saturated rings. The van der Waals surface area contributed by atoms with Crippen LogP contribution in [0.15, 0.2) is 48.5 Å². The summed E-state index contributed by atoms with van der Waals surface area (Å²) in [5, 5.41) is 11.1. The third kappa shape index (κ3) is 5.87. The van der Waals surface area contributed by atoms with Crippen molar-refractivity contribution in [3.63, 3.8) is 0 Å². The van der Waals surface area contributed by atoms with Gasteiger partial charge in [0.25, 0.3) is 5.91 Å². The average molecular weight is 589 g/mol. The van der Waals surface area contributed by atoms with E-state index in [1.54, 1.807) is 38.3 Å². The summed E-state index contributed by atoms with van der Waals surface area (Å²) in [5.74, 6) is -2.86. The van der Waals surface area contributed by atoms with E-state index in [4.69, 9.17) is 4.74 Å². The first-order valence-electron chi connectivity index (χ1n) is 14.9. The summed E-state index contributed by atoms with van der Waals surface area (Å²) in [6.45, 7) is 7.33. The van der Waals surface area contributed by atoms with E-state index >= 15 is 0 Å². The van der Waals surface area contributed by atoms with Crippen LogP contribution in [-0.2, 0) is 24.6 Å². The highest BCUT2D eigenvalue weighted by molar-refractivity contribution is 6.38. The lowest BCUT2D eigenvalue weighted by atomic mass is 9.55. The molecule has 1 spiro atoms. The number of carbonyl (C=O) groups is 5. The molecule has 0 aliphatic heterocycles. The largest absolute Gasteiger partial charge is 0.497 e. The fraction of sp³-hybridized carbons (Fsp3) is 0.485. The van der Waals surface area contributed by atoms with Crippen LogP contribution < -0.4 is 26.0 Å². The lowest BCUT2D eigenvalue weighted by Crippen LogP contribution is -2.62. The predicted octanol–water partition coefficient (Wildman–Crippen LogP) is 3.48. The van der Waals surface area contributed by atoms with Crippen molar-refractivity contribution >= 4 is 35.1 Å². The van der Waals surface area contributed by atoms with E-state index < -0.39 is 58.4 Å². The smallest absolute Gasteiger partial charge is 0.319 e. The predicted molar refractivity (Wildman–Crippen MR) is 161 cm³/mol. The minimum atomic E-state index is -0.992. The number of Topliss-reactive ketones (excluding diaryl/α,β-unsaturated/α-hetero) is 2. The van der Waals surface area contributed by atoms with Crippen LogP contribution in [0, 0.1) is 17.3 Å². The molecule has 2 aromatic rings. The van der Waals surface area contributed by atoms with Crippen molar-refractivity contribution in [2.75, 3.05) is 12.4 Å². The van der Waals surface area contributed by atoms with Crippen LogP contribution in [0.3, 0.4) is 0 Å². The van der Waals surface area contributed by atoms with Crippen LogP contribution >= 0.6 is 0 Å². The van der Waals surface area contributed by atoms with Gasteiger partial charge in [-0.25, -0.2) is 4.79 Å². The molecule has 0 heterocycles. The number of rotatable bonds is 11. The summed E-state index contributed by atoms with van der Waals surface area (Å²) >= 11 is 0. The monoisotopic (exact) mass is 588 g/mol. The summed E-state index contributed by atoms with van der Waals surface area (Å²) in [4.78, 5) is 66.5. The number of fused-ring (bicyclic) bond motifs is 3. The van der Waals surface area contributed by atoms with Gasteiger partial charge < -0.3 is 26.0 Å². The molecule has 3 aliphatic rings. The van der Waals surface area contributed by atoms with Gasteiger partial charge in [0.1, 0.15) is 5.75 Å². The Labute approximate surface area is 251 Å². The molecule has 4 N–H and O–H groups in total. The van der Waals surface area contributed by atoms with E-state index in [-0.39, 0.29) is 18.2 Å². The molecule has 2 aromatic carbocycles. The number of benzene rings is 2. The van der Waals surface area contributed by atoms with E-state index in [2.05, 4.69) is 21.3 Å². The summed E-state index contributed by atoms with van der Waals surface area (Å²) in [5.41, 5.74) is 1.33. The average Bonchev–Trinajstić information content (AvgIpc) is 3.88. The Morgan fingerprint density at radius 1 is 0.953 bits per heavy atom. The highest BCUT2D eigenvalue weighted by Gasteiger charge is 2.70. The second-order valence-corrected chi connectivity index (χ2v) is 12.9. The molecule has 4 atom stereocenters. The number of urea groups is 1. The van der Waals surface area contributed by atoms with E-state index in [0.29, 0.717) is 17.9 Å². The number of nitrogens with one attached hydrogen (secondary N) is 4. The highest BCUT2D eigenvalue weighted by atomic mass is 16.5.